The van der Waals surface area contributed by atoms with Gasteiger partial charge in [0.05, 0.1) is 5.57 Å². The van der Waals surface area contributed by atoms with E-state index in [0.29, 0.717) is 0 Å². The summed E-state index contributed by atoms with van der Waals surface area (Å²) in [5.74, 6) is -0.817. The molecule has 0 aliphatic rings. The van der Waals surface area contributed by atoms with Crippen molar-refractivity contribution in [3.8, 4) is 0 Å². The number of hydrogen-bond donors (Lipinski definition) is 0. The van der Waals surface area contributed by atoms with Crippen molar-refractivity contribution in [1.82, 2.24) is 0 Å². The van der Waals surface area contributed by atoms with Crippen LogP contribution in [-0.2, 0) is 9.59 Å². The minimum atomic E-state index is -1.70. The lowest BCUT2D eigenvalue weighted by molar-refractivity contribution is -0.119. The van der Waals surface area contributed by atoms with Crippen LogP contribution in [0.4, 0.5) is 0 Å². The van der Waals surface area contributed by atoms with Crippen LogP contribution in [0, 0.1) is 0 Å². The molecule has 0 aromatic rings. The molecular weight excluding hydrogens is 222 g/mol. The third kappa shape index (κ3) is 4.75. The maximum absolute atomic E-state index is 10.8. The number of alkyl halides is 3. The van der Waals surface area contributed by atoms with Crippen LogP contribution in [0.5, 0.6) is 0 Å². The quantitative estimate of drug-likeness (QED) is 0.315. The molecular formula is C7H7Cl3O2. The Bertz CT molecular complexity index is 222. The molecule has 0 bridgehead atoms. The van der Waals surface area contributed by atoms with Crippen LogP contribution in [0.15, 0.2) is 11.6 Å². The van der Waals surface area contributed by atoms with Gasteiger partial charge in [0.25, 0.3) is 0 Å². The normalized spacial score (nSPS) is 10.8. The lowest BCUT2D eigenvalue weighted by Gasteiger charge is -2.05. The standard InChI is InChI=1S/C7H7Cl3O2/c1-4(11)6(5(2)12)3-7(8,9)10/h3H,1-2H3. The summed E-state index contributed by atoms with van der Waals surface area (Å²) in [5.41, 5.74) is -0.0880. The summed E-state index contributed by atoms with van der Waals surface area (Å²) in [6.45, 7) is 2.48. The summed E-state index contributed by atoms with van der Waals surface area (Å²) in [5, 5.41) is 0. The zero-order valence-electron chi connectivity index (χ0n) is 6.53. The van der Waals surface area contributed by atoms with Crippen molar-refractivity contribution in [1.29, 1.82) is 0 Å². The van der Waals surface area contributed by atoms with E-state index < -0.39 is 15.4 Å². The molecule has 0 amide bonds. The van der Waals surface area contributed by atoms with E-state index in [0.717, 1.165) is 6.08 Å². The number of ketones is 2. The van der Waals surface area contributed by atoms with Crippen molar-refractivity contribution in [3.05, 3.63) is 11.6 Å². The average molecular weight is 229 g/mol. The first kappa shape index (κ1) is 11.9. The molecule has 0 atom stereocenters. The summed E-state index contributed by atoms with van der Waals surface area (Å²) in [6, 6.07) is 0. The minimum Gasteiger partial charge on any atom is -0.294 e. The fraction of sp³-hybridized carbons (Fsp3) is 0.429. The van der Waals surface area contributed by atoms with Crippen LogP contribution < -0.4 is 0 Å². The van der Waals surface area contributed by atoms with Gasteiger partial charge < -0.3 is 0 Å². The van der Waals surface area contributed by atoms with Crippen LogP contribution in [0.2, 0.25) is 0 Å². The number of allylic oxidation sites excluding steroid dienone is 2. The summed E-state index contributed by atoms with van der Waals surface area (Å²) < 4.78 is -1.70. The number of Topliss-reactive ketones (excluding diaryl/α,β-unsaturated/α-hetero) is 2. The highest BCUT2D eigenvalue weighted by Gasteiger charge is 2.20. The van der Waals surface area contributed by atoms with Gasteiger partial charge in [-0.3, -0.25) is 9.59 Å². The van der Waals surface area contributed by atoms with E-state index in [1.807, 2.05) is 0 Å². The van der Waals surface area contributed by atoms with Gasteiger partial charge in [0.2, 0.25) is 3.79 Å². The number of halogens is 3. The number of rotatable bonds is 2. The predicted molar refractivity (Wildman–Crippen MR) is 49.7 cm³/mol. The molecule has 0 unspecified atom stereocenters. The molecule has 0 spiro atoms. The van der Waals surface area contributed by atoms with Gasteiger partial charge in [0.1, 0.15) is 0 Å². The van der Waals surface area contributed by atoms with Crippen molar-refractivity contribution < 1.29 is 9.59 Å². The highest BCUT2D eigenvalue weighted by Crippen LogP contribution is 2.29. The largest absolute Gasteiger partial charge is 0.294 e. The third-order valence-electron chi connectivity index (χ3n) is 1.07. The van der Waals surface area contributed by atoms with E-state index in [4.69, 9.17) is 34.8 Å². The molecule has 0 radical (unpaired) electrons. The van der Waals surface area contributed by atoms with Crippen molar-refractivity contribution in [2.75, 3.05) is 0 Å². The molecule has 0 aromatic heterocycles. The summed E-state index contributed by atoms with van der Waals surface area (Å²) in [7, 11) is 0. The van der Waals surface area contributed by atoms with Crippen LogP contribution in [-0.4, -0.2) is 15.4 Å². The summed E-state index contributed by atoms with van der Waals surface area (Å²) in [6.07, 6.45) is 1.02. The second-order valence-electron chi connectivity index (χ2n) is 2.21. The van der Waals surface area contributed by atoms with Gasteiger partial charge in [-0.1, -0.05) is 34.8 Å². The number of carbonyl (C=O) groups excluding carboxylic acids is 2. The number of hydrogen-bond acceptors (Lipinski definition) is 2. The van der Waals surface area contributed by atoms with E-state index in [-0.39, 0.29) is 5.57 Å². The zero-order chi connectivity index (χ0) is 9.94. The molecule has 5 heteroatoms. The fourth-order valence-electron chi connectivity index (χ4n) is 0.615. The first-order chi connectivity index (χ1) is 5.24. The van der Waals surface area contributed by atoms with Gasteiger partial charge >= 0.3 is 0 Å². The van der Waals surface area contributed by atoms with Gasteiger partial charge in [-0.25, -0.2) is 0 Å². The number of carbonyl (C=O) groups is 2. The average Bonchev–Trinajstić information content (AvgIpc) is 1.79. The lowest BCUT2D eigenvalue weighted by Crippen LogP contribution is -2.10. The lowest BCUT2D eigenvalue weighted by atomic mass is 10.1. The Hall–Kier alpha value is -0.0500. The van der Waals surface area contributed by atoms with Crippen LogP contribution in [0.3, 0.4) is 0 Å². The van der Waals surface area contributed by atoms with E-state index in [2.05, 4.69) is 0 Å². The Labute approximate surface area is 85.5 Å². The van der Waals surface area contributed by atoms with Gasteiger partial charge in [0, 0.05) is 0 Å². The van der Waals surface area contributed by atoms with Crippen molar-refractivity contribution in [3.63, 3.8) is 0 Å². The highest BCUT2D eigenvalue weighted by molar-refractivity contribution is 6.69. The molecule has 12 heavy (non-hydrogen) atoms. The van der Waals surface area contributed by atoms with Gasteiger partial charge in [-0.05, 0) is 19.9 Å². The van der Waals surface area contributed by atoms with Gasteiger partial charge in [-0.2, -0.15) is 0 Å². The maximum Gasteiger partial charge on any atom is 0.210 e. The zero-order valence-corrected chi connectivity index (χ0v) is 8.80. The van der Waals surface area contributed by atoms with Crippen LogP contribution >= 0.6 is 34.8 Å². The first-order valence-electron chi connectivity index (χ1n) is 3.05. The molecule has 0 rings (SSSR count). The monoisotopic (exact) mass is 228 g/mol. The van der Waals surface area contributed by atoms with Crippen molar-refractivity contribution in [2.45, 2.75) is 17.6 Å². The highest BCUT2D eigenvalue weighted by atomic mass is 35.6. The van der Waals surface area contributed by atoms with Crippen molar-refractivity contribution in [2.24, 2.45) is 0 Å². The second-order valence-corrected chi connectivity index (χ2v) is 4.58. The smallest absolute Gasteiger partial charge is 0.210 e. The van der Waals surface area contributed by atoms with E-state index in [1.165, 1.54) is 13.8 Å². The van der Waals surface area contributed by atoms with E-state index in [1.54, 1.807) is 0 Å². The van der Waals surface area contributed by atoms with Crippen molar-refractivity contribution >= 4 is 46.4 Å². The topological polar surface area (TPSA) is 34.1 Å². The molecule has 68 valence electrons. The molecule has 0 heterocycles. The molecule has 0 saturated heterocycles. The molecule has 0 N–H and O–H groups in total. The third-order valence-corrected chi connectivity index (χ3v) is 1.39. The van der Waals surface area contributed by atoms with E-state index in [9.17, 15) is 9.59 Å². The Balaban J connectivity index is 4.88. The molecule has 0 aromatic carbocycles. The Morgan fingerprint density at radius 2 is 1.42 bits per heavy atom. The molecule has 0 aliphatic heterocycles. The Morgan fingerprint density at radius 3 is 1.50 bits per heavy atom. The minimum absolute atomic E-state index is 0.0880. The van der Waals surface area contributed by atoms with Crippen LogP contribution in [0.1, 0.15) is 13.8 Å². The second kappa shape index (κ2) is 4.26. The first-order valence-corrected chi connectivity index (χ1v) is 4.19. The van der Waals surface area contributed by atoms with Crippen LogP contribution in [0.25, 0.3) is 0 Å². The molecule has 2 nitrogen and oxygen atoms in total. The Morgan fingerprint density at radius 1 is 1.08 bits per heavy atom. The SMILES string of the molecule is CC(=O)C(=CC(Cl)(Cl)Cl)C(C)=O. The maximum atomic E-state index is 10.8. The predicted octanol–water partition coefficient (Wildman–Crippen LogP) is 2.46. The molecule has 0 saturated carbocycles. The van der Waals surface area contributed by atoms with E-state index >= 15 is 0 Å². The summed E-state index contributed by atoms with van der Waals surface area (Å²) >= 11 is 16.1. The molecule has 0 aliphatic carbocycles. The Kier molecular flexibility index (Phi) is 4.24. The van der Waals surface area contributed by atoms with Gasteiger partial charge in [-0.15, -0.1) is 0 Å². The van der Waals surface area contributed by atoms with Gasteiger partial charge in [0.15, 0.2) is 11.6 Å². The summed E-state index contributed by atoms with van der Waals surface area (Å²) in [4.78, 5) is 21.6. The fourth-order valence-corrected chi connectivity index (χ4v) is 0.942. The molecule has 0 fully saturated rings.